The highest BCUT2D eigenvalue weighted by atomic mass is 16.5. The number of fused-ring (bicyclic) bond motifs is 1. The number of nitrogens with one attached hydrogen (secondary N) is 2. The maximum absolute atomic E-state index is 12.9. The Balaban J connectivity index is 1.38. The standard InChI is InChI=1S/C24H32N4O4/c29-22(25-10-4-11-27-13-15-32-16-14-27)19-7-8-20-21(17-19)26-24(31)28(23(20)30)12-9-18-5-2-1-3-6-18/h5,7-8,17H,1-4,6,9-16H2,(H,25,29)(H,26,31). The summed E-state index contributed by atoms with van der Waals surface area (Å²) >= 11 is 0. The summed E-state index contributed by atoms with van der Waals surface area (Å²) in [6, 6.07) is 4.86. The molecular weight excluding hydrogens is 408 g/mol. The van der Waals surface area contributed by atoms with Crippen molar-refractivity contribution in [1.29, 1.82) is 0 Å². The molecule has 8 nitrogen and oxygen atoms in total. The van der Waals surface area contributed by atoms with E-state index in [2.05, 4.69) is 21.3 Å². The van der Waals surface area contributed by atoms with E-state index in [9.17, 15) is 14.4 Å². The Morgan fingerprint density at radius 2 is 1.97 bits per heavy atom. The third-order valence-electron chi connectivity index (χ3n) is 6.33. The van der Waals surface area contributed by atoms with Crippen LogP contribution in [0.15, 0.2) is 39.4 Å². The van der Waals surface area contributed by atoms with E-state index in [1.54, 1.807) is 18.2 Å². The van der Waals surface area contributed by atoms with Crippen LogP contribution in [0, 0.1) is 0 Å². The van der Waals surface area contributed by atoms with E-state index in [0.717, 1.165) is 58.5 Å². The van der Waals surface area contributed by atoms with Gasteiger partial charge in [0.15, 0.2) is 0 Å². The van der Waals surface area contributed by atoms with Gasteiger partial charge in [-0.2, -0.15) is 0 Å². The fourth-order valence-electron chi connectivity index (χ4n) is 4.42. The summed E-state index contributed by atoms with van der Waals surface area (Å²) in [5.74, 6) is -0.205. The molecule has 1 aromatic heterocycles. The molecule has 0 atom stereocenters. The topological polar surface area (TPSA) is 96.4 Å². The van der Waals surface area contributed by atoms with Gasteiger partial charge in [0.25, 0.3) is 11.5 Å². The van der Waals surface area contributed by atoms with Crippen LogP contribution < -0.4 is 16.6 Å². The maximum Gasteiger partial charge on any atom is 0.328 e. The van der Waals surface area contributed by atoms with Crippen molar-refractivity contribution >= 4 is 16.8 Å². The summed E-state index contributed by atoms with van der Waals surface area (Å²) in [5, 5.41) is 3.34. The predicted molar refractivity (Wildman–Crippen MR) is 124 cm³/mol. The van der Waals surface area contributed by atoms with Gasteiger partial charge in [-0.05, 0) is 63.3 Å². The van der Waals surface area contributed by atoms with Crippen LogP contribution in [0.4, 0.5) is 0 Å². The van der Waals surface area contributed by atoms with Crippen LogP contribution in [0.5, 0.6) is 0 Å². The fraction of sp³-hybridized carbons (Fsp3) is 0.542. The normalized spacial score (nSPS) is 17.3. The minimum absolute atomic E-state index is 0.205. The number of allylic oxidation sites excluding steroid dienone is 2. The maximum atomic E-state index is 12.9. The molecule has 1 aromatic carbocycles. The minimum Gasteiger partial charge on any atom is -0.379 e. The number of hydrogen-bond donors (Lipinski definition) is 2. The van der Waals surface area contributed by atoms with Crippen molar-refractivity contribution in [3.63, 3.8) is 0 Å². The summed E-state index contributed by atoms with van der Waals surface area (Å²) in [5.41, 5.74) is 1.42. The SMILES string of the molecule is O=C(NCCCN1CCOCC1)c1ccc2c(=O)n(CCC3=CCCCC3)c(=O)[nH]c2c1. The first-order valence-electron chi connectivity index (χ1n) is 11.6. The molecule has 32 heavy (non-hydrogen) atoms. The van der Waals surface area contributed by atoms with Crippen LogP contribution >= 0.6 is 0 Å². The summed E-state index contributed by atoms with van der Waals surface area (Å²) in [7, 11) is 0. The first kappa shape index (κ1) is 22.5. The van der Waals surface area contributed by atoms with Crippen LogP contribution in [0.1, 0.15) is 48.9 Å². The number of aromatic nitrogens is 2. The van der Waals surface area contributed by atoms with Crippen molar-refractivity contribution in [2.75, 3.05) is 39.4 Å². The Kier molecular flexibility index (Phi) is 7.55. The number of hydrogen-bond acceptors (Lipinski definition) is 5. The molecule has 2 heterocycles. The molecule has 1 fully saturated rings. The van der Waals surface area contributed by atoms with E-state index in [1.165, 1.54) is 23.0 Å². The number of rotatable bonds is 8. The van der Waals surface area contributed by atoms with Crippen LogP contribution in [0.25, 0.3) is 10.9 Å². The van der Waals surface area contributed by atoms with E-state index >= 15 is 0 Å². The molecule has 4 rings (SSSR count). The highest BCUT2D eigenvalue weighted by Crippen LogP contribution is 2.20. The van der Waals surface area contributed by atoms with Crippen molar-refractivity contribution in [2.45, 2.75) is 45.1 Å². The van der Waals surface area contributed by atoms with Gasteiger partial charge < -0.3 is 15.0 Å². The molecule has 0 radical (unpaired) electrons. The highest BCUT2D eigenvalue weighted by molar-refractivity contribution is 5.97. The van der Waals surface area contributed by atoms with Crippen LogP contribution in [-0.2, 0) is 11.3 Å². The molecule has 1 amide bonds. The summed E-state index contributed by atoms with van der Waals surface area (Å²) in [6.45, 7) is 5.26. The molecule has 2 N–H and O–H groups in total. The zero-order chi connectivity index (χ0) is 22.3. The Morgan fingerprint density at radius 1 is 1.12 bits per heavy atom. The second kappa shape index (κ2) is 10.7. The number of nitrogens with zero attached hydrogens (tertiary/aromatic N) is 2. The number of H-pyrrole nitrogens is 1. The van der Waals surface area contributed by atoms with Gasteiger partial charge in [-0.15, -0.1) is 0 Å². The second-order valence-corrected chi connectivity index (χ2v) is 8.57. The molecule has 1 saturated heterocycles. The summed E-state index contributed by atoms with van der Waals surface area (Å²) in [4.78, 5) is 43.1. The van der Waals surface area contributed by atoms with E-state index in [4.69, 9.17) is 4.74 Å². The van der Waals surface area contributed by atoms with E-state index in [0.29, 0.717) is 29.6 Å². The monoisotopic (exact) mass is 440 g/mol. The Bertz CT molecular complexity index is 1100. The molecule has 2 aromatic rings. The van der Waals surface area contributed by atoms with Gasteiger partial charge in [0, 0.05) is 31.7 Å². The molecule has 172 valence electrons. The summed E-state index contributed by atoms with van der Waals surface area (Å²) in [6.07, 6.45) is 8.32. The third kappa shape index (κ3) is 5.55. The van der Waals surface area contributed by atoms with Gasteiger partial charge >= 0.3 is 5.69 Å². The zero-order valence-electron chi connectivity index (χ0n) is 18.5. The molecule has 0 saturated carbocycles. The lowest BCUT2D eigenvalue weighted by atomic mass is 9.97. The van der Waals surface area contributed by atoms with Gasteiger partial charge in [0.2, 0.25) is 0 Å². The molecule has 0 spiro atoms. The van der Waals surface area contributed by atoms with E-state index < -0.39 is 5.69 Å². The Labute approximate surface area is 187 Å². The predicted octanol–water partition coefficient (Wildman–Crippen LogP) is 2.03. The molecule has 1 aliphatic carbocycles. The van der Waals surface area contributed by atoms with Crippen molar-refractivity contribution in [3.8, 4) is 0 Å². The number of benzene rings is 1. The van der Waals surface area contributed by atoms with Crippen molar-refractivity contribution < 1.29 is 9.53 Å². The third-order valence-corrected chi connectivity index (χ3v) is 6.33. The van der Waals surface area contributed by atoms with E-state index in [1.807, 2.05) is 0 Å². The smallest absolute Gasteiger partial charge is 0.328 e. The summed E-state index contributed by atoms with van der Waals surface area (Å²) < 4.78 is 6.61. The van der Waals surface area contributed by atoms with E-state index in [-0.39, 0.29) is 11.5 Å². The lowest BCUT2D eigenvalue weighted by Gasteiger charge is -2.26. The lowest BCUT2D eigenvalue weighted by Crippen LogP contribution is -2.38. The quantitative estimate of drug-likeness (QED) is 0.484. The second-order valence-electron chi connectivity index (χ2n) is 8.57. The lowest BCUT2D eigenvalue weighted by molar-refractivity contribution is 0.0374. The molecular formula is C24H32N4O4. The van der Waals surface area contributed by atoms with Crippen molar-refractivity contribution in [3.05, 3.63) is 56.2 Å². The first-order chi connectivity index (χ1) is 15.6. The number of aromatic amines is 1. The number of carbonyl (C=O) groups excluding carboxylic acids is 1. The number of morpholine rings is 1. The van der Waals surface area contributed by atoms with Crippen LogP contribution in [0.3, 0.4) is 0 Å². The first-order valence-corrected chi connectivity index (χ1v) is 11.6. The Hall–Kier alpha value is -2.71. The average Bonchev–Trinajstić information content (AvgIpc) is 2.82. The molecule has 2 aliphatic rings. The highest BCUT2D eigenvalue weighted by Gasteiger charge is 2.13. The minimum atomic E-state index is -0.429. The molecule has 0 unspecified atom stereocenters. The zero-order valence-corrected chi connectivity index (χ0v) is 18.5. The Morgan fingerprint density at radius 3 is 2.75 bits per heavy atom. The molecule has 8 heteroatoms. The van der Waals surface area contributed by atoms with Crippen molar-refractivity contribution in [1.82, 2.24) is 19.8 Å². The van der Waals surface area contributed by atoms with Crippen molar-refractivity contribution in [2.24, 2.45) is 0 Å². The van der Waals surface area contributed by atoms with Gasteiger partial charge in [0.05, 0.1) is 24.1 Å². The number of carbonyl (C=O) groups is 1. The van der Waals surface area contributed by atoms with Gasteiger partial charge in [-0.3, -0.25) is 19.1 Å². The molecule has 0 bridgehead atoms. The van der Waals surface area contributed by atoms with Gasteiger partial charge in [-0.25, -0.2) is 4.79 Å². The van der Waals surface area contributed by atoms with Gasteiger partial charge in [-0.1, -0.05) is 11.6 Å². The largest absolute Gasteiger partial charge is 0.379 e. The van der Waals surface area contributed by atoms with Crippen LogP contribution in [0.2, 0.25) is 0 Å². The number of amides is 1. The average molecular weight is 441 g/mol. The van der Waals surface area contributed by atoms with Gasteiger partial charge in [0.1, 0.15) is 0 Å². The number of ether oxygens (including phenoxy) is 1. The molecule has 1 aliphatic heterocycles. The fourth-order valence-corrected chi connectivity index (χ4v) is 4.42. The van der Waals surface area contributed by atoms with Crippen LogP contribution in [-0.4, -0.2) is 59.8 Å².